The monoisotopic (exact) mass is 339 g/mol. The molecule has 0 aromatic heterocycles. The van der Waals surface area contributed by atoms with Crippen molar-refractivity contribution in [3.8, 4) is 17.2 Å². The number of benzene rings is 2. The molecule has 1 saturated heterocycles. The van der Waals surface area contributed by atoms with E-state index >= 15 is 0 Å². The first-order chi connectivity index (χ1) is 12.3. The molecule has 2 aliphatic heterocycles. The van der Waals surface area contributed by atoms with Crippen LogP contribution >= 0.6 is 0 Å². The second kappa shape index (κ2) is 7.36. The summed E-state index contributed by atoms with van der Waals surface area (Å²) in [5, 5.41) is 0. The van der Waals surface area contributed by atoms with E-state index in [2.05, 4.69) is 30.0 Å². The van der Waals surface area contributed by atoms with Crippen LogP contribution in [-0.4, -0.2) is 37.8 Å². The SMILES string of the molecule is Cc1ccccc1OCCN1CCCC1c1ccc2c(c1)OCCO2. The maximum Gasteiger partial charge on any atom is 0.161 e. The molecule has 2 heterocycles. The van der Waals surface area contributed by atoms with E-state index in [0.29, 0.717) is 25.9 Å². The molecule has 0 N–H and O–H groups in total. The third kappa shape index (κ3) is 3.59. The van der Waals surface area contributed by atoms with E-state index in [0.717, 1.165) is 30.3 Å². The highest BCUT2D eigenvalue weighted by molar-refractivity contribution is 5.44. The van der Waals surface area contributed by atoms with Gasteiger partial charge in [0.15, 0.2) is 11.5 Å². The molecular weight excluding hydrogens is 314 g/mol. The van der Waals surface area contributed by atoms with Crippen LogP contribution in [0.5, 0.6) is 17.2 Å². The van der Waals surface area contributed by atoms with Crippen molar-refractivity contribution in [1.82, 2.24) is 4.90 Å². The van der Waals surface area contributed by atoms with Gasteiger partial charge >= 0.3 is 0 Å². The zero-order valence-electron chi connectivity index (χ0n) is 14.7. The fourth-order valence-corrected chi connectivity index (χ4v) is 3.73. The second-order valence-electron chi connectivity index (χ2n) is 6.71. The number of fused-ring (bicyclic) bond motifs is 1. The lowest BCUT2D eigenvalue weighted by atomic mass is 10.0. The van der Waals surface area contributed by atoms with E-state index in [1.807, 2.05) is 24.3 Å². The van der Waals surface area contributed by atoms with Crippen LogP contribution in [0.2, 0.25) is 0 Å². The van der Waals surface area contributed by atoms with E-state index in [1.165, 1.54) is 24.0 Å². The highest BCUT2D eigenvalue weighted by atomic mass is 16.6. The lowest BCUT2D eigenvalue weighted by Crippen LogP contribution is -2.28. The van der Waals surface area contributed by atoms with Crippen molar-refractivity contribution < 1.29 is 14.2 Å². The van der Waals surface area contributed by atoms with Gasteiger partial charge in [-0.15, -0.1) is 0 Å². The lowest BCUT2D eigenvalue weighted by molar-refractivity contribution is 0.170. The summed E-state index contributed by atoms with van der Waals surface area (Å²) in [5.41, 5.74) is 2.50. The first-order valence-electron chi connectivity index (χ1n) is 9.13. The van der Waals surface area contributed by atoms with E-state index in [4.69, 9.17) is 14.2 Å². The molecule has 1 atom stereocenters. The Bertz CT molecular complexity index is 731. The third-order valence-electron chi connectivity index (χ3n) is 5.04. The minimum absolute atomic E-state index is 0.441. The number of likely N-dealkylation sites (tertiary alicyclic amines) is 1. The van der Waals surface area contributed by atoms with E-state index in [9.17, 15) is 0 Å². The van der Waals surface area contributed by atoms with Gasteiger partial charge < -0.3 is 14.2 Å². The largest absolute Gasteiger partial charge is 0.492 e. The molecule has 4 rings (SSSR count). The number of nitrogens with zero attached hydrogens (tertiary/aromatic N) is 1. The molecule has 2 aromatic carbocycles. The van der Waals surface area contributed by atoms with Crippen molar-refractivity contribution in [3.63, 3.8) is 0 Å². The van der Waals surface area contributed by atoms with Crippen LogP contribution in [0.3, 0.4) is 0 Å². The third-order valence-corrected chi connectivity index (χ3v) is 5.04. The Hall–Kier alpha value is -2.20. The van der Waals surface area contributed by atoms with Gasteiger partial charge in [-0.25, -0.2) is 0 Å². The molecule has 0 saturated carbocycles. The Balaban J connectivity index is 1.40. The highest BCUT2D eigenvalue weighted by Gasteiger charge is 2.27. The normalized spacial score (nSPS) is 19.8. The standard InChI is InChI=1S/C21H25NO3/c1-16-5-2-3-7-19(16)23-12-11-22-10-4-6-18(22)17-8-9-20-21(15-17)25-14-13-24-20/h2-3,5,7-9,15,18H,4,6,10-14H2,1H3. The lowest BCUT2D eigenvalue weighted by Gasteiger charge is -2.26. The molecule has 4 nitrogen and oxygen atoms in total. The van der Waals surface area contributed by atoms with E-state index in [1.54, 1.807) is 0 Å². The summed E-state index contributed by atoms with van der Waals surface area (Å²) in [6.45, 7) is 6.13. The van der Waals surface area contributed by atoms with Gasteiger partial charge in [-0.3, -0.25) is 4.90 Å². The topological polar surface area (TPSA) is 30.9 Å². The van der Waals surface area contributed by atoms with Crippen molar-refractivity contribution in [2.75, 3.05) is 32.9 Å². The molecule has 132 valence electrons. The second-order valence-corrected chi connectivity index (χ2v) is 6.71. The highest BCUT2D eigenvalue weighted by Crippen LogP contribution is 2.37. The number of aryl methyl sites for hydroxylation is 1. The Labute approximate surface area is 149 Å². The molecule has 1 fully saturated rings. The minimum atomic E-state index is 0.441. The molecule has 4 heteroatoms. The van der Waals surface area contributed by atoms with Gasteiger partial charge in [0.05, 0.1) is 0 Å². The van der Waals surface area contributed by atoms with E-state index < -0.39 is 0 Å². The van der Waals surface area contributed by atoms with Gasteiger partial charge in [0.1, 0.15) is 25.6 Å². The number of rotatable bonds is 5. The number of para-hydroxylation sites is 1. The Morgan fingerprint density at radius 2 is 1.92 bits per heavy atom. The molecule has 0 spiro atoms. The fourth-order valence-electron chi connectivity index (χ4n) is 3.73. The molecule has 0 aliphatic carbocycles. The summed E-state index contributed by atoms with van der Waals surface area (Å²) in [7, 11) is 0. The van der Waals surface area contributed by atoms with Crippen molar-refractivity contribution in [2.24, 2.45) is 0 Å². The maximum absolute atomic E-state index is 5.99. The first kappa shape index (κ1) is 16.3. The smallest absolute Gasteiger partial charge is 0.161 e. The summed E-state index contributed by atoms with van der Waals surface area (Å²) >= 11 is 0. The first-order valence-corrected chi connectivity index (χ1v) is 9.13. The summed E-state index contributed by atoms with van der Waals surface area (Å²) in [6.07, 6.45) is 2.41. The van der Waals surface area contributed by atoms with Crippen LogP contribution in [0.4, 0.5) is 0 Å². The quantitative estimate of drug-likeness (QED) is 0.824. The van der Waals surface area contributed by atoms with Crippen LogP contribution < -0.4 is 14.2 Å². The predicted molar refractivity (Wildman–Crippen MR) is 97.7 cm³/mol. The van der Waals surface area contributed by atoms with Crippen LogP contribution in [0.1, 0.15) is 30.0 Å². The van der Waals surface area contributed by atoms with Crippen molar-refractivity contribution in [2.45, 2.75) is 25.8 Å². The summed E-state index contributed by atoms with van der Waals surface area (Å²) in [5.74, 6) is 2.73. The summed E-state index contributed by atoms with van der Waals surface area (Å²) in [6, 6.07) is 15.0. The fraction of sp³-hybridized carbons (Fsp3) is 0.429. The molecule has 0 radical (unpaired) electrons. The number of ether oxygens (including phenoxy) is 3. The molecular formula is C21H25NO3. The van der Waals surface area contributed by atoms with Crippen molar-refractivity contribution in [3.05, 3.63) is 53.6 Å². The Kier molecular flexibility index (Phi) is 4.79. The Morgan fingerprint density at radius 3 is 2.80 bits per heavy atom. The predicted octanol–water partition coefficient (Wildman–Crippen LogP) is 3.98. The maximum atomic E-state index is 5.99. The average molecular weight is 339 g/mol. The number of hydrogen-bond donors (Lipinski definition) is 0. The summed E-state index contributed by atoms with van der Waals surface area (Å²) < 4.78 is 17.4. The molecule has 25 heavy (non-hydrogen) atoms. The average Bonchev–Trinajstić information content (AvgIpc) is 3.11. The molecule has 2 aromatic rings. The molecule has 2 aliphatic rings. The zero-order chi connectivity index (χ0) is 17.1. The van der Waals surface area contributed by atoms with Crippen LogP contribution in [-0.2, 0) is 0 Å². The van der Waals surface area contributed by atoms with Crippen LogP contribution in [0.25, 0.3) is 0 Å². The van der Waals surface area contributed by atoms with Crippen molar-refractivity contribution >= 4 is 0 Å². The summed E-state index contributed by atoms with van der Waals surface area (Å²) in [4.78, 5) is 2.52. The van der Waals surface area contributed by atoms with Gasteiger partial charge in [-0.1, -0.05) is 24.3 Å². The van der Waals surface area contributed by atoms with Gasteiger partial charge in [-0.05, 0) is 55.6 Å². The van der Waals surface area contributed by atoms with Gasteiger partial charge in [0.25, 0.3) is 0 Å². The Morgan fingerprint density at radius 1 is 1.08 bits per heavy atom. The molecule has 0 amide bonds. The van der Waals surface area contributed by atoms with Crippen LogP contribution in [0, 0.1) is 6.92 Å². The molecule has 1 unspecified atom stereocenters. The molecule has 0 bridgehead atoms. The van der Waals surface area contributed by atoms with Gasteiger partial charge in [0, 0.05) is 12.6 Å². The van der Waals surface area contributed by atoms with Crippen molar-refractivity contribution in [1.29, 1.82) is 0 Å². The number of hydrogen-bond acceptors (Lipinski definition) is 4. The zero-order valence-corrected chi connectivity index (χ0v) is 14.7. The van der Waals surface area contributed by atoms with Gasteiger partial charge in [-0.2, -0.15) is 0 Å². The van der Waals surface area contributed by atoms with E-state index in [-0.39, 0.29) is 0 Å². The minimum Gasteiger partial charge on any atom is -0.492 e. The van der Waals surface area contributed by atoms with Gasteiger partial charge in [0.2, 0.25) is 0 Å². The van der Waals surface area contributed by atoms with Crippen LogP contribution in [0.15, 0.2) is 42.5 Å².